The Hall–Kier alpha value is -1.41. The Labute approximate surface area is 171 Å². The molecule has 0 heterocycles. The van der Waals surface area contributed by atoms with E-state index in [2.05, 4.69) is 0 Å². The number of rotatable bonds is 6. The Balaban J connectivity index is 2.39. The summed E-state index contributed by atoms with van der Waals surface area (Å²) >= 11 is 0. The molecule has 2 aromatic carbocycles. The molecule has 0 saturated carbocycles. The Bertz CT molecular complexity index is 777. The molecular weight excluding hydrogens is 367 g/mol. The van der Waals surface area contributed by atoms with Crippen LogP contribution in [-0.2, 0) is 24.8 Å². The van der Waals surface area contributed by atoms with E-state index >= 15 is 0 Å². The summed E-state index contributed by atoms with van der Waals surface area (Å²) in [5.74, 6) is 0. The Kier molecular flexibility index (Phi) is 6.36. The standard InChI is InChI=1S/C24H35O3P/c1-18-10-14-20(15-11-18)23(6,7)26-28(25,22(3,4)5)27-24(8,9)21-16-12-19(2)13-17-21/h10-17H,1-9H3. The molecule has 0 aliphatic heterocycles. The molecule has 0 radical (unpaired) electrons. The van der Waals surface area contributed by atoms with Gasteiger partial charge in [-0.1, -0.05) is 59.7 Å². The number of hydrogen-bond donors (Lipinski definition) is 0. The average Bonchev–Trinajstić information content (AvgIpc) is 2.53. The lowest BCUT2D eigenvalue weighted by molar-refractivity contribution is 0.0208. The molecule has 0 spiro atoms. The maximum absolute atomic E-state index is 14.1. The molecule has 2 aromatic rings. The maximum atomic E-state index is 14.1. The minimum Gasteiger partial charge on any atom is -0.297 e. The molecular formula is C24H35O3P. The monoisotopic (exact) mass is 402 g/mol. The van der Waals surface area contributed by atoms with E-state index in [1.54, 1.807) is 0 Å². The van der Waals surface area contributed by atoms with Gasteiger partial charge in [0, 0.05) is 0 Å². The highest BCUT2D eigenvalue weighted by Gasteiger charge is 2.48. The van der Waals surface area contributed by atoms with E-state index in [0.29, 0.717) is 0 Å². The summed E-state index contributed by atoms with van der Waals surface area (Å²) in [5, 5.41) is -0.670. The van der Waals surface area contributed by atoms with Gasteiger partial charge in [-0.25, -0.2) is 0 Å². The van der Waals surface area contributed by atoms with Crippen molar-refractivity contribution in [1.82, 2.24) is 0 Å². The molecule has 0 unspecified atom stereocenters. The van der Waals surface area contributed by atoms with Crippen LogP contribution in [0.15, 0.2) is 48.5 Å². The summed E-state index contributed by atoms with van der Waals surface area (Å²) in [6.45, 7) is 17.6. The first-order valence-corrected chi connectivity index (χ1v) is 11.4. The molecule has 0 aromatic heterocycles. The molecule has 0 aliphatic carbocycles. The van der Waals surface area contributed by atoms with Gasteiger partial charge >= 0.3 is 7.60 Å². The molecule has 28 heavy (non-hydrogen) atoms. The molecule has 154 valence electrons. The van der Waals surface area contributed by atoms with E-state index in [9.17, 15) is 4.57 Å². The summed E-state index contributed by atoms with van der Waals surface area (Å²) < 4.78 is 26.8. The maximum Gasteiger partial charge on any atom is 0.337 e. The second kappa shape index (κ2) is 7.78. The smallest absolute Gasteiger partial charge is 0.297 e. The zero-order valence-electron chi connectivity index (χ0n) is 18.8. The average molecular weight is 403 g/mol. The van der Waals surface area contributed by atoms with Crippen molar-refractivity contribution in [3.05, 3.63) is 70.8 Å². The summed E-state index contributed by atoms with van der Waals surface area (Å²) in [5.41, 5.74) is 2.80. The van der Waals surface area contributed by atoms with Crippen LogP contribution in [0, 0.1) is 13.8 Å². The molecule has 0 aliphatic rings. The third kappa shape index (κ3) is 5.14. The minimum absolute atomic E-state index is 0.670. The van der Waals surface area contributed by atoms with Crippen molar-refractivity contribution in [2.45, 2.75) is 78.7 Å². The lowest BCUT2D eigenvalue weighted by atomic mass is 9.98. The van der Waals surface area contributed by atoms with Gasteiger partial charge in [0.25, 0.3) is 0 Å². The van der Waals surface area contributed by atoms with Crippen molar-refractivity contribution in [1.29, 1.82) is 0 Å². The molecule has 0 bridgehead atoms. The predicted molar refractivity (Wildman–Crippen MR) is 118 cm³/mol. The Morgan fingerprint density at radius 3 is 1.14 bits per heavy atom. The SMILES string of the molecule is Cc1ccc(C(C)(C)OP(=O)(OC(C)(C)c2ccc(C)cc2)C(C)(C)C)cc1. The van der Waals surface area contributed by atoms with E-state index in [0.717, 1.165) is 11.1 Å². The highest BCUT2D eigenvalue weighted by atomic mass is 31.2. The fourth-order valence-corrected chi connectivity index (χ4v) is 4.91. The van der Waals surface area contributed by atoms with Gasteiger partial charge in [0.05, 0.1) is 16.4 Å². The van der Waals surface area contributed by atoms with Crippen molar-refractivity contribution in [2.75, 3.05) is 0 Å². The van der Waals surface area contributed by atoms with E-state index in [1.807, 2.05) is 111 Å². The molecule has 0 fully saturated rings. The summed E-state index contributed by atoms with van der Waals surface area (Å²) in [6, 6.07) is 16.3. The number of benzene rings is 2. The van der Waals surface area contributed by atoms with E-state index in [4.69, 9.17) is 9.05 Å². The topological polar surface area (TPSA) is 35.5 Å². The van der Waals surface area contributed by atoms with Gasteiger partial charge in [0.1, 0.15) is 0 Å². The third-order valence-electron chi connectivity index (χ3n) is 5.01. The first-order chi connectivity index (χ1) is 12.7. The van der Waals surface area contributed by atoms with Gasteiger partial charge in [-0.2, -0.15) is 0 Å². The highest BCUT2D eigenvalue weighted by molar-refractivity contribution is 7.55. The van der Waals surface area contributed by atoms with Gasteiger partial charge in [0.2, 0.25) is 0 Å². The first kappa shape index (κ1) is 22.9. The van der Waals surface area contributed by atoms with Crippen LogP contribution >= 0.6 is 7.60 Å². The van der Waals surface area contributed by atoms with E-state index < -0.39 is 24.0 Å². The van der Waals surface area contributed by atoms with Crippen LogP contribution in [0.25, 0.3) is 0 Å². The summed E-state index contributed by atoms with van der Waals surface area (Å²) in [7, 11) is -3.50. The van der Waals surface area contributed by atoms with Crippen LogP contribution in [-0.4, -0.2) is 5.16 Å². The normalized spacial score (nSPS) is 13.6. The van der Waals surface area contributed by atoms with Crippen LogP contribution in [0.4, 0.5) is 0 Å². The van der Waals surface area contributed by atoms with Crippen molar-refractivity contribution in [2.24, 2.45) is 0 Å². The van der Waals surface area contributed by atoms with Crippen LogP contribution in [0.2, 0.25) is 0 Å². The second-order valence-electron chi connectivity index (χ2n) is 9.60. The lowest BCUT2D eigenvalue weighted by Crippen LogP contribution is -2.32. The molecule has 3 nitrogen and oxygen atoms in total. The largest absolute Gasteiger partial charge is 0.337 e. The molecule has 4 heteroatoms. The molecule has 0 N–H and O–H groups in total. The van der Waals surface area contributed by atoms with Gasteiger partial charge in [-0.05, 0) is 73.4 Å². The van der Waals surface area contributed by atoms with Crippen molar-refractivity contribution < 1.29 is 13.6 Å². The zero-order chi connectivity index (χ0) is 21.4. The fraction of sp³-hybridized carbons (Fsp3) is 0.500. The lowest BCUT2D eigenvalue weighted by Gasteiger charge is -2.41. The Morgan fingerprint density at radius 2 is 0.893 bits per heavy atom. The predicted octanol–water partition coefficient (Wildman–Crippen LogP) is 7.50. The van der Waals surface area contributed by atoms with Gasteiger partial charge < -0.3 is 0 Å². The third-order valence-corrected chi connectivity index (χ3v) is 8.05. The fourth-order valence-electron chi connectivity index (χ4n) is 2.91. The number of hydrogen-bond acceptors (Lipinski definition) is 3. The molecule has 0 atom stereocenters. The van der Waals surface area contributed by atoms with Crippen LogP contribution < -0.4 is 0 Å². The quantitative estimate of drug-likeness (QED) is 0.469. The van der Waals surface area contributed by atoms with Gasteiger partial charge in [-0.3, -0.25) is 13.6 Å². The van der Waals surface area contributed by atoms with Crippen LogP contribution in [0.3, 0.4) is 0 Å². The van der Waals surface area contributed by atoms with Crippen LogP contribution in [0.1, 0.15) is 70.7 Å². The molecule has 0 saturated heterocycles. The van der Waals surface area contributed by atoms with E-state index in [-0.39, 0.29) is 0 Å². The van der Waals surface area contributed by atoms with Gasteiger partial charge in [0.15, 0.2) is 0 Å². The Morgan fingerprint density at radius 1 is 0.607 bits per heavy atom. The van der Waals surface area contributed by atoms with Crippen molar-refractivity contribution in [3.8, 4) is 0 Å². The molecule has 0 amide bonds. The zero-order valence-corrected chi connectivity index (χ0v) is 19.7. The highest BCUT2D eigenvalue weighted by Crippen LogP contribution is 2.66. The van der Waals surface area contributed by atoms with Crippen molar-refractivity contribution >= 4 is 7.60 Å². The van der Waals surface area contributed by atoms with Gasteiger partial charge in [-0.15, -0.1) is 0 Å². The second-order valence-corrected chi connectivity index (χ2v) is 12.3. The summed E-state index contributed by atoms with van der Waals surface area (Å²) in [6.07, 6.45) is 0. The minimum atomic E-state index is -3.50. The van der Waals surface area contributed by atoms with E-state index in [1.165, 1.54) is 11.1 Å². The number of aryl methyl sites for hydroxylation is 2. The van der Waals surface area contributed by atoms with Crippen molar-refractivity contribution in [3.63, 3.8) is 0 Å². The van der Waals surface area contributed by atoms with Crippen LogP contribution in [0.5, 0.6) is 0 Å². The first-order valence-electron chi connectivity index (χ1n) is 9.82. The molecule has 2 rings (SSSR count). The summed E-state index contributed by atoms with van der Waals surface area (Å²) in [4.78, 5) is 0.